The van der Waals surface area contributed by atoms with Gasteiger partial charge in [0, 0.05) is 12.6 Å². The minimum Gasteiger partial charge on any atom is -0.367 e. The van der Waals surface area contributed by atoms with Crippen LogP contribution in [0.25, 0.3) is 0 Å². The van der Waals surface area contributed by atoms with E-state index >= 15 is 0 Å². The number of nitrogens with zero attached hydrogens (tertiary/aromatic N) is 3. The molecule has 1 aromatic heterocycles. The van der Waals surface area contributed by atoms with Crippen LogP contribution in [0.15, 0.2) is 30.5 Å². The van der Waals surface area contributed by atoms with Crippen molar-refractivity contribution in [3.63, 3.8) is 0 Å². The summed E-state index contributed by atoms with van der Waals surface area (Å²) >= 11 is 0. The smallest absolute Gasteiger partial charge is 0.367 e. The summed E-state index contributed by atoms with van der Waals surface area (Å²) in [6.07, 6.45) is -2.79. The summed E-state index contributed by atoms with van der Waals surface area (Å²) in [5.74, 6) is -0.315. The van der Waals surface area contributed by atoms with Crippen LogP contribution >= 0.6 is 0 Å². The summed E-state index contributed by atoms with van der Waals surface area (Å²) in [4.78, 5) is 14.8. The Hall–Kier alpha value is -2.55. The molecule has 9 heteroatoms. The summed E-state index contributed by atoms with van der Waals surface area (Å²) in [7, 11) is 3.83. The van der Waals surface area contributed by atoms with Crippen molar-refractivity contribution in [1.29, 1.82) is 0 Å². The van der Waals surface area contributed by atoms with E-state index < -0.39 is 18.1 Å². The van der Waals surface area contributed by atoms with Gasteiger partial charge < -0.3 is 15.5 Å². The molecule has 2 heterocycles. The molecule has 0 radical (unpaired) electrons. The minimum atomic E-state index is -4.43. The molecule has 6 nitrogen and oxygen atoms in total. The van der Waals surface area contributed by atoms with Gasteiger partial charge in [-0.2, -0.15) is 18.3 Å². The highest BCUT2D eigenvalue weighted by Gasteiger charge is 2.46. The molecule has 30 heavy (non-hydrogen) atoms. The second kappa shape index (κ2) is 8.67. The largest absolute Gasteiger partial charge is 0.410 e. The van der Waals surface area contributed by atoms with E-state index in [1.165, 1.54) is 6.20 Å². The molecule has 0 saturated heterocycles. The standard InChI is InChI=1S/C21H28F3N5O/c1-5-15-10-18(21(22,23)24)29-19(27-15)16(11-26-29)20(30)25-12-17(28(3)4)14-8-6-13(2)7-9-14/h6-9,11,15,17-18,27H,5,10,12H2,1-4H3,(H,25,30)/t15-,17?,18-/m0/s1. The van der Waals surface area contributed by atoms with Crippen LogP contribution in [0, 0.1) is 6.92 Å². The Balaban J connectivity index is 1.79. The summed E-state index contributed by atoms with van der Waals surface area (Å²) in [5.41, 5.74) is 2.32. The molecule has 0 bridgehead atoms. The highest BCUT2D eigenvalue weighted by Crippen LogP contribution is 2.40. The second-order valence-electron chi connectivity index (χ2n) is 7.99. The van der Waals surface area contributed by atoms with Gasteiger partial charge in [-0.1, -0.05) is 36.8 Å². The molecule has 1 amide bonds. The molecule has 3 atom stereocenters. The molecular weight excluding hydrogens is 395 g/mol. The first-order chi connectivity index (χ1) is 14.1. The number of anilines is 1. The zero-order chi connectivity index (χ0) is 22.1. The molecule has 0 fully saturated rings. The number of hydrogen-bond donors (Lipinski definition) is 2. The van der Waals surface area contributed by atoms with Gasteiger partial charge in [-0.15, -0.1) is 0 Å². The number of aryl methyl sites for hydroxylation is 1. The lowest BCUT2D eigenvalue weighted by Crippen LogP contribution is -2.40. The Bertz CT molecular complexity index is 876. The van der Waals surface area contributed by atoms with Crippen LogP contribution in [0.4, 0.5) is 19.0 Å². The zero-order valence-corrected chi connectivity index (χ0v) is 17.6. The third-order valence-electron chi connectivity index (χ3n) is 5.60. The second-order valence-corrected chi connectivity index (χ2v) is 7.99. The summed E-state index contributed by atoms with van der Waals surface area (Å²) < 4.78 is 41.4. The molecule has 3 rings (SSSR count). The number of carbonyl (C=O) groups is 1. The van der Waals surface area contributed by atoms with Gasteiger partial charge in [-0.25, -0.2) is 4.68 Å². The van der Waals surface area contributed by atoms with Crippen LogP contribution in [-0.4, -0.2) is 53.4 Å². The average molecular weight is 423 g/mol. The van der Waals surface area contributed by atoms with Gasteiger partial charge in [-0.05, 0) is 39.4 Å². The number of halogens is 3. The molecule has 164 valence electrons. The lowest BCUT2D eigenvalue weighted by atomic mass is 10.0. The van der Waals surface area contributed by atoms with Crippen molar-refractivity contribution in [2.24, 2.45) is 0 Å². The van der Waals surface area contributed by atoms with Crippen molar-refractivity contribution in [1.82, 2.24) is 20.0 Å². The Morgan fingerprint density at radius 3 is 2.57 bits per heavy atom. The van der Waals surface area contributed by atoms with Crippen molar-refractivity contribution in [2.45, 2.75) is 51.0 Å². The predicted molar refractivity (Wildman–Crippen MR) is 110 cm³/mol. The number of hydrogen-bond acceptors (Lipinski definition) is 4. The fraction of sp³-hybridized carbons (Fsp3) is 0.524. The molecule has 0 saturated carbocycles. The highest BCUT2D eigenvalue weighted by molar-refractivity contribution is 5.98. The zero-order valence-electron chi connectivity index (χ0n) is 17.6. The summed E-state index contributed by atoms with van der Waals surface area (Å²) in [6, 6.07) is 5.86. The number of amides is 1. The van der Waals surface area contributed by atoms with Gasteiger partial charge in [-0.3, -0.25) is 4.79 Å². The van der Waals surface area contributed by atoms with E-state index in [2.05, 4.69) is 15.7 Å². The van der Waals surface area contributed by atoms with Crippen LogP contribution in [0.1, 0.15) is 53.3 Å². The van der Waals surface area contributed by atoms with E-state index in [-0.39, 0.29) is 29.9 Å². The fourth-order valence-corrected chi connectivity index (χ4v) is 3.74. The molecular formula is C21H28F3N5O. The molecule has 1 aliphatic heterocycles. The van der Waals surface area contributed by atoms with E-state index in [0.717, 1.165) is 15.8 Å². The van der Waals surface area contributed by atoms with Crippen molar-refractivity contribution in [3.05, 3.63) is 47.2 Å². The van der Waals surface area contributed by atoms with Crippen molar-refractivity contribution >= 4 is 11.7 Å². The number of fused-ring (bicyclic) bond motifs is 1. The molecule has 0 aliphatic carbocycles. The summed E-state index contributed by atoms with van der Waals surface area (Å²) in [6.45, 7) is 4.14. The maximum Gasteiger partial charge on any atom is 0.410 e. The predicted octanol–water partition coefficient (Wildman–Crippen LogP) is 3.92. The van der Waals surface area contributed by atoms with Crippen LogP contribution in [-0.2, 0) is 0 Å². The van der Waals surface area contributed by atoms with Crippen LogP contribution < -0.4 is 10.6 Å². The Labute approximate surface area is 174 Å². The summed E-state index contributed by atoms with van der Waals surface area (Å²) in [5, 5.41) is 9.80. The van der Waals surface area contributed by atoms with Gasteiger partial charge in [0.25, 0.3) is 5.91 Å². The van der Waals surface area contributed by atoms with Gasteiger partial charge in [0.05, 0.1) is 12.2 Å². The van der Waals surface area contributed by atoms with Gasteiger partial charge >= 0.3 is 6.18 Å². The van der Waals surface area contributed by atoms with Crippen molar-refractivity contribution < 1.29 is 18.0 Å². The molecule has 2 aromatic rings. The number of nitrogens with one attached hydrogen (secondary N) is 2. The van der Waals surface area contributed by atoms with E-state index in [9.17, 15) is 18.0 Å². The first kappa shape index (κ1) is 22.1. The van der Waals surface area contributed by atoms with E-state index in [1.54, 1.807) is 0 Å². The molecule has 1 unspecified atom stereocenters. The highest BCUT2D eigenvalue weighted by atomic mass is 19.4. The maximum absolute atomic E-state index is 13.5. The van der Waals surface area contributed by atoms with Crippen molar-refractivity contribution in [2.75, 3.05) is 26.0 Å². The number of benzene rings is 1. The Kier molecular flexibility index (Phi) is 6.40. The molecule has 2 N–H and O–H groups in total. The van der Waals surface area contributed by atoms with Gasteiger partial charge in [0.1, 0.15) is 11.4 Å². The SMILES string of the molecule is CC[C@H]1C[C@@H](C(F)(F)F)n2ncc(C(=O)NCC(c3ccc(C)cc3)N(C)C)c2N1. The third kappa shape index (κ3) is 4.61. The Morgan fingerprint density at radius 1 is 1.33 bits per heavy atom. The maximum atomic E-state index is 13.5. The van der Waals surface area contributed by atoms with Gasteiger partial charge in [0.15, 0.2) is 6.04 Å². The normalized spacial score (nSPS) is 19.9. The average Bonchev–Trinajstić information content (AvgIpc) is 3.11. The van der Waals surface area contributed by atoms with Crippen LogP contribution in [0.2, 0.25) is 0 Å². The number of rotatable bonds is 6. The van der Waals surface area contributed by atoms with Crippen LogP contribution in [0.3, 0.4) is 0 Å². The first-order valence-corrected chi connectivity index (χ1v) is 10.0. The van der Waals surface area contributed by atoms with Crippen LogP contribution in [0.5, 0.6) is 0 Å². The van der Waals surface area contributed by atoms with Crippen molar-refractivity contribution in [3.8, 4) is 0 Å². The number of aromatic nitrogens is 2. The molecule has 1 aliphatic rings. The Morgan fingerprint density at radius 2 is 2.00 bits per heavy atom. The molecule has 1 aromatic carbocycles. The van der Waals surface area contributed by atoms with Gasteiger partial charge in [0.2, 0.25) is 0 Å². The lowest BCUT2D eigenvalue weighted by Gasteiger charge is -2.33. The number of carbonyl (C=O) groups excluding carboxylic acids is 1. The third-order valence-corrected chi connectivity index (χ3v) is 5.60. The number of likely N-dealkylation sites (N-methyl/N-ethyl adjacent to an activating group) is 1. The number of alkyl halides is 3. The first-order valence-electron chi connectivity index (χ1n) is 10.0. The monoisotopic (exact) mass is 423 g/mol. The minimum absolute atomic E-state index is 0.0692. The van der Waals surface area contributed by atoms with E-state index in [1.807, 2.05) is 57.1 Å². The fourth-order valence-electron chi connectivity index (χ4n) is 3.74. The van der Waals surface area contributed by atoms with E-state index in [4.69, 9.17) is 0 Å². The topological polar surface area (TPSA) is 62.2 Å². The molecule has 0 spiro atoms. The lowest BCUT2D eigenvalue weighted by molar-refractivity contribution is -0.173. The van der Waals surface area contributed by atoms with E-state index in [0.29, 0.717) is 13.0 Å². The quantitative estimate of drug-likeness (QED) is 0.739.